The molecule has 0 bridgehead atoms. The van der Waals surface area contributed by atoms with Crippen molar-refractivity contribution in [1.82, 2.24) is 4.31 Å². The number of hydrogen-bond acceptors (Lipinski definition) is 4. The Bertz CT molecular complexity index is 1000. The van der Waals surface area contributed by atoms with Crippen molar-refractivity contribution in [3.63, 3.8) is 0 Å². The Balaban J connectivity index is 2.43. The fraction of sp³-hybridized carbons (Fsp3) is 0.409. The van der Waals surface area contributed by atoms with Gasteiger partial charge >= 0.3 is 0 Å². The van der Waals surface area contributed by atoms with Crippen LogP contribution in [0.3, 0.4) is 0 Å². The van der Waals surface area contributed by atoms with Crippen LogP contribution in [-0.2, 0) is 15.4 Å². The smallest absolute Gasteiger partial charge is 0.256 e. The molecule has 1 amide bonds. The molecule has 0 aliphatic carbocycles. The van der Waals surface area contributed by atoms with Crippen molar-refractivity contribution in [2.45, 2.75) is 51.9 Å². The first-order valence-electron chi connectivity index (χ1n) is 9.67. The Morgan fingerprint density at radius 2 is 1.69 bits per heavy atom. The van der Waals surface area contributed by atoms with Crippen LogP contribution in [0, 0.1) is 6.92 Å². The number of rotatable bonds is 6. The molecule has 6 nitrogen and oxygen atoms in total. The van der Waals surface area contributed by atoms with Crippen molar-refractivity contribution in [2.24, 2.45) is 0 Å². The highest BCUT2D eigenvalue weighted by molar-refractivity contribution is 7.89. The van der Waals surface area contributed by atoms with Gasteiger partial charge in [0.2, 0.25) is 10.0 Å². The molecule has 158 valence electrons. The van der Waals surface area contributed by atoms with E-state index in [1.54, 1.807) is 39.0 Å². The van der Waals surface area contributed by atoms with Gasteiger partial charge in [-0.3, -0.25) is 4.79 Å². The lowest BCUT2D eigenvalue weighted by Crippen LogP contribution is -2.30. The maximum absolute atomic E-state index is 12.9. The number of aromatic hydroxyl groups is 1. The molecule has 0 radical (unpaired) electrons. The Morgan fingerprint density at radius 3 is 2.24 bits per heavy atom. The second-order valence-electron chi connectivity index (χ2n) is 8.00. The van der Waals surface area contributed by atoms with E-state index >= 15 is 0 Å². The van der Waals surface area contributed by atoms with Crippen molar-refractivity contribution in [3.8, 4) is 5.75 Å². The van der Waals surface area contributed by atoms with E-state index < -0.39 is 15.9 Å². The van der Waals surface area contributed by atoms with Crippen LogP contribution in [-0.4, -0.2) is 36.8 Å². The zero-order chi connectivity index (χ0) is 22.0. The minimum absolute atomic E-state index is 0.0454. The number of amides is 1. The number of nitrogens with zero attached hydrogens (tertiary/aromatic N) is 1. The van der Waals surface area contributed by atoms with Gasteiger partial charge < -0.3 is 10.4 Å². The summed E-state index contributed by atoms with van der Waals surface area (Å²) >= 11 is 0. The molecule has 0 fully saturated rings. The quantitative estimate of drug-likeness (QED) is 0.686. The molecule has 0 saturated heterocycles. The van der Waals surface area contributed by atoms with Gasteiger partial charge in [-0.25, -0.2) is 8.42 Å². The number of carbonyl (C=O) groups excluding carboxylic acids is 1. The van der Waals surface area contributed by atoms with Crippen molar-refractivity contribution in [1.29, 1.82) is 0 Å². The third-order valence-corrected chi connectivity index (χ3v) is 6.95. The fourth-order valence-corrected chi connectivity index (χ4v) is 4.50. The Morgan fingerprint density at radius 1 is 1.07 bits per heavy atom. The lowest BCUT2D eigenvalue weighted by atomic mass is 9.87. The highest BCUT2D eigenvalue weighted by atomic mass is 32.2. The van der Waals surface area contributed by atoms with Gasteiger partial charge in [0.25, 0.3) is 5.91 Å². The van der Waals surface area contributed by atoms with Gasteiger partial charge in [-0.15, -0.1) is 0 Å². The van der Waals surface area contributed by atoms with Crippen LogP contribution in [0.1, 0.15) is 56.1 Å². The minimum atomic E-state index is -3.68. The number of anilines is 1. The summed E-state index contributed by atoms with van der Waals surface area (Å²) in [7, 11) is -3.68. The SMILES string of the molecule is CCN(CC)S(=O)(=O)c1ccc(C)c(C(=O)Nc2cc(C(C)(C)C)ccc2O)c1. The fourth-order valence-electron chi connectivity index (χ4n) is 3.01. The third-order valence-electron chi connectivity index (χ3n) is 4.91. The van der Waals surface area contributed by atoms with E-state index in [0.717, 1.165) is 5.56 Å². The summed E-state index contributed by atoms with van der Waals surface area (Å²) in [6, 6.07) is 9.62. The lowest BCUT2D eigenvalue weighted by Gasteiger charge is -2.21. The topological polar surface area (TPSA) is 86.7 Å². The largest absolute Gasteiger partial charge is 0.506 e. The van der Waals surface area contributed by atoms with Crippen LogP contribution in [0.2, 0.25) is 0 Å². The van der Waals surface area contributed by atoms with Gasteiger partial charge in [0.15, 0.2) is 0 Å². The molecule has 0 aliphatic rings. The number of phenolic OH excluding ortho intramolecular Hbond substituents is 1. The standard InChI is InChI=1S/C22H30N2O4S/c1-7-24(8-2)29(27,28)17-11-9-15(3)18(14-17)21(26)23-19-13-16(22(4,5)6)10-12-20(19)25/h9-14,25H,7-8H2,1-6H3,(H,23,26). The summed E-state index contributed by atoms with van der Waals surface area (Å²) in [5, 5.41) is 12.9. The number of nitrogens with one attached hydrogen (secondary N) is 1. The Hall–Kier alpha value is -2.38. The van der Waals surface area contributed by atoms with E-state index in [1.165, 1.54) is 16.4 Å². The van der Waals surface area contributed by atoms with Crippen molar-refractivity contribution in [3.05, 3.63) is 53.1 Å². The van der Waals surface area contributed by atoms with Gasteiger partial charge in [-0.2, -0.15) is 4.31 Å². The molecule has 0 heterocycles. The Labute approximate surface area is 173 Å². The van der Waals surface area contributed by atoms with Gasteiger partial charge in [-0.1, -0.05) is 46.8 Å². The molecule has 29 heavy (non-hydrogen) atoms. The van der Waals surface area contributed by atoms with Crippen LogP contribution in [0.25, 0.3) is 0 Å². The molecule has 0 saturated carbocycles. The molecule has 7 heteroatoms. The minimum Gasteiger partial charge on any atom is -0.506 e. The van der Waals surface area contributed by atoms with Crippen LogP contribution >= 0.6 is 0 Å². The first kappa shape index (κ1) is 22.9. The zero-order valence-corrected chi connectivity index (χ0v) is 18.7. The summed E-state index contributed by atoms with van der Waals surface area (Å²) in [5.74, 6) is -0.517. The molecule has 0 atom stereocenters. The Kier molecular flexibility index (Phi) is 6.75. The first-order valence-corrected chi connectivity index (χ1v) is 11.1. The van der Waals surface area contributed by atoms with Crippen LogP contribution < -0.4 is 5.32 Å². The highest BCUT2D eigenvalue weighted by Crippen LogP contribution is 2.31. The molecule has 0 aliphatic heterocycles. The molecule has 0 unspecified atom stereocenters. The monoisotopic (exact) mass is 418 g/mol. The van der Waals surface area contributed by atoms with E-state index in [4.69, 9.17) is 0 Å². The van der Waals surface area contributed by atoms with E-state index in [1.807, 2.05) is 26.8 Å². The predicted molar refractivity (Wildman–Crippen MR) is 116 cm³/mol. The summed E-state index contributed by atoms with van der Waals surface area (Å²) in [4.78, 5) is 13.0. The molecular weight excluding hydrogens is 388 g/mol. The van der Waals surface area contributed by atoms with E-state index in [2.05, 4.69) is 5.32 Å². The molecule has 2 N–H and O–H groups in total. The summed E-state index contributed by atoms with van der Waals surface area (Å²) < 4.78 is 26.9. The highest BCUT2D eigenvalue weighted by Gasteiger charge is 2.24. The van der Waals surface area contributed by atoms with Crippen LogP contribution in [0.4, 0.5) is 5.69 Å². The number of sulfonamides is 1. The van der Waals surface area contributed by atoms with Gasteiger partial charge in [0, 0.05) is 18.7 Å². The molecular formula is C22H30N2O4S. The number of phenols is 1. The number of carbonyl (C=O) groups is 1. The lowest BCUT2D eigenvalue weighted by molar-refractivity contribution is 0.102. The predicted octanol–water partition coefficient (Wildman–Crippen LogP) is 4.28. The van der Waals surface area contributed by atoms with Crippen LogP contribution in [0.15, 0.2) is 41.3 Å². The van der Waals surface area contributed by atoms with Crippen molar-refractivity contribution >= 4 is 21.6 Å². The maximum Gasteiger partial charge on any atom is 0.256 e. The second kappa shape index (κ2) is 8.55. The van der Waals surface area contributed by atoms with Gasteiger partial charge in [0.1, 0.15) is 5.75 Å². The number of hydrogen-bond donors (Lipinski definition) is 2. The average Bonchev–Trinajstić information content (AvgIpc) is 2.63. The molecule has 0 aromatic heterocycles. The van der Waals surface area contributed by atoms with Crippen molar-refractivity contribution < 1.29 is 18.3 Å². The summed E-state index contributed by atoms with van der Waals surface area (Å²) in [5.41, 5.74) is 1.99. The molecule has 2 aromatic carbocycles. The molecule has 0 spiro atoms. The van der Waals surface area contributed by atoms with Crippen molar-refractivity contribution in [2.75, 3.05) is 18.4 Å². The van der Waals surface area contributed by atoms with E-state index in [9.17, 15) is 18.3 Å². The maximum atomic E-state index is 12.9. The number of aryl methyl sites for hydroxylation is 1. The number of benzene rings is 2. The first-order chi connectivity index (χ1) is 13.4. The van der Waals surface area contributed by atoms with Gasteiger partial charge in [-0.05, 0) is 47.7 Å². The van der Waals surface area contributed by atoms with E-state index in [0.29, 0.717) is 24.3 Å². The summed E-state index contributed by atoms with van der Waals surface area (Å²) in [6.45, 7) is 12.1. The summed E-state index contributed by atoms with van der Waals surface area (Å²) in [6.07, 6.45) is 0. The average molecular weight is 419 g/mol. The molecule has 2 rings (SSSR count). The molecule has 2 aromatic rings. The van der Waals surface area contributed by atoms with Gasteiger partial charge in [0.05, 0.1) is 10.6 Å². The van der Waals surface area contributed by atoms with Crippen LogP contribution in [0.5, 0.6) is 5.75 Å². The second-order valence-corrected chi connectivity index (χ2v) is 9.94. The normalized spacial score (nSPS) is 12.2. The third kappa shape index (κ3) is 4.97. The van der Waals surface area contributed by atoms with E-state index in [-0.39, 0.29) is 21.6 Å². The zero-order valence-electron chi connectivity index (χ0n) is 17.9.